The lowest BCUT2D eigenvalue weighted by Gasteiger charge is -2.19. The molecule has 0 saturated carbocycles. The minimum absolute atomic E-state index is 0.0124. The van der Waals surface area contributed by atoms with Crippen molar-refractivity contribution in [1.82, 2.24) is 5.43 Å². The van der Waals surface area contributed by atoms with Crippen LogP contribution in [0.3, 0.4) is 0 Å². The Hall–Kier alpha value is -1.64. The van der Waals surface area contributed by atoms with E-state index < -0.39 is 10.2 Å². The molecule has 2 rings (SSSR count). The highest BCUT2D eigenvalue weighted by molar-refractivity contribution is 7.91. The zero-order valence-electron chi connectivity index (χ0n) is 8.14. The molecule has 1 aromatic carbocycles. The zero-order valence-corrected chi connectivity index (χ0v) is 8.95. The van der Waals surface area contributed by atoms with Gasteiger partial charge >= 0.3 is 10.2 Å². The second kappa shape index (κ2) is 3.74. The summed E-state index contributed by atoms with van der Waals surface area (Å²) >= 11 is 0. The summed E-state index contributed by atoms with van der Waals surface area (Å²) in [6.07, 6.45) is 0. The van der Waals surface area contributed by atoms with Crippen LogP contribution in [0.5, 0.6) is 0 Å². The average molecular weight is 242 g/mol. The Morgan fingerprint density at radius 1 is 1.50 bits per heavy atom. The molecule has 1 aliphatic rings. The predicted molar refractivity (Wildman–Crippen MR) is 58.8 cm³/mol. The molecule has 1 aromatic rings. The van der Waals surface area contributed by atoms with Gasteiger partial charge in [-0.2, -0.15) is 8.42 Å². The molecule has 0 bridgehead atoms. The summed E-state index contributed by atoms with van der Waals surface area (Å²) in [5.74, 6) is 5.22. The van der Waals surface area contributed by atoms with Crippen molar-refractivity contribution < 1.29 is 13.5 Å². The van der Waals surface area contributed by atoms with E-state index >= 15 is 0 Å². The van der Waals surface area contributed by atoms with Crippen LogP contribution in [0, 0.1) is 0 Å². The van der Waals surface area contributed by atoms with Gasteiger partial charge in [-0.15, -0.1) is 4.40 Å². The number of amidine groups is 1. The third kappa shape index (κ3) is 1.73. The molecule has 86 valence electrons. The van der Waals surface area contributed by atoms with Gasteiger partial charge < -0.3 is 10.5 Å². The van der Waals surface area contributed by atoms with Gasteiger partial charge in [-0.3, -0.25) is 4.72 Å². The van der Waals surface area contributed by atoms with Crippen LogP contribution in [0.25, 0.3) is 0 Å². The van der Waals surface area contributed by atoms with Gasteiger partial charge in [0.25, 0.3) is 0 Å². The number of aliphatic hydroxyl groups excluding tert-OH is 1. The van der Waals surface area contributed by atoms with E-state index in [2.05, 4.69) is 14.5 Å². The molecule has 0 atom stereocenters. The highest BCUT2D eigenvalue weighted by Crippen LogP contribution is 2.25. The van der Waals surface area contributed by atoms with Crippen molar-refractivity contribution in [1.29, 1.82) is 0 Å². The lowest BCUT2D eigenvalue weighted by atomic mass is 10.1. The number of aliphatic hydroxyl groups is 1. The van der Waals surface area contributed by atoms with Crippen molar-refractivity contribution in [2.45, 2.75) is 6.61 Å². The number of hydrazine groups is 1. The van der Waals surface area contributed by atoms with Gasteiger partial charge in [0.15, 0.2) is 5.84 Å². The maximum absolute atomic E-state index is 11.3. The van der Waals surface area contributed by atoms with E-state index in [1.807, 2.05) is 0 Å². The Balaban J connectivity index is 2.69. The molecule has 0 aromatic heterocycles. The molecule has 0 amide bonds. The van der Waals surface area contributed by atoms with Crippen LogP contribution in [-0.4, -0.2) is 19.4 Å². The van der Waals surface area contributed by atoms with Crippen LogP contribution in [-0.2, 0) is 16.8 Å². The van der Waals surface area contributed by atoms with E-state index in [4.69, 9.17) is 10.9 Å². The third-order valence-electron chi connectivity index (χ3n) is 2.15. The summed E-state index contributed by atoms with van der Waals surface area (Å²) in [5, 5.41) is 9.14. The van der Waals surface area contributed by atoms with Gasteiger partial charge in [0.05, 0.1) is 12.3 Å². The molecule has 1 aliphatic heterocycles. The first kappa shape index (κ1) is 10.9. The van der Waals surface area contributed by atoms with Crippen molar-refractivity contribution in [3.05, 3.63) is 29.3 Å². The molecule has 0 fully saturated rings. The second-order valence-electron chi connectivity index (χ2n) is 3.16. The number of fused-ring (bicyclic) bond motifs is 1. The van der Waals surface area contributed by atoms with Gasteiger partial charge in [-0.1, -0.05) is 12.1 Å². The van der Waals surface area contributed by atoms with Gasteiger partial charge in [0, 0.05) is 5.56 Å². The number of hydrogen-bond donors (Lipinski definition) is 4. The maximum atomic E-state index is 11.3. The summed E-state index contributed by atoms with van der Waals surface area (Å²) < 4.78 is 28.3. The monoisotopic (exact) mass is 242 g/mol. The van der Waals surface area contributed by atoms with Gasteiger partial charge in [0.2, 0.25) is 0 Å². The maximum Gasteiger partial charge on any atom is 0.344 e. The van der Waals surface area contributed by atoms with Gasteiger partial charge in [-0.05, 0) is 11.6 Å². The smallest absolute Gasteiger partial charge is 0.344 e. The van der Waals surface area contributed by atoms with Crippen molar-refractivity contribution in [3.63, 3.8) is 0 Å². The lowest BCUT2D eigenvalue weighted by Crippen LogP contribution is -2.36. The molecular weight excluding hydrogens is 232 g/mol. The van der Waals surface area contributed by atoms with Crippen LogP contribution in [0.1, 0.15) is 11.1 Å². The molecule has 0 unspecified atom stereocenters. The lowest BCUT2D eigenvalue weighted by molar-refractivity contribution is 0.281. The summed E-state index contributed by atoms with van der Waals surface area (Å²) in [4.78, 5) is 0. The van der Waals surface area contributed by atoms with E-state index in [1.165, 1.54) is 0 Å². The number of nitrogens with zero attached hydrogens (tertiary/aromatic N) is 1. The van der Waals surface area contributed by atoms with E-state index in [0.29, 0.717) is 16.8 Å². The first-order valence-corrected chi connectivity index (χ1v) is 5.84. The average Bonchev–Trinajstić information content (AvgIpc) is 2.25. The molecule has 0 radical (unpaired) electrons. The molecular formula is C8H10N4O3S. The molecule has 0 saturated heterocycles. The Morgan fingerprint density at radius 2 is 2.25 bits per heavy atom. The highest BCUT2D eigenvalue weighted by Gasteiger charge is 2.24. The molecule has 0 spiro atoms. The first-order chi connectivity index (χ1) is 7.57. The Bertz CT molecular complexity index is 552. The number of benzene rings is 1. The number of hydrogen-bond acceptors (Lipinski definition) is 5. The van der Waals surface area contributed by atoms with Gasteiger partial charge in [0.1, 0.15) is 0 Å². The number of anilines is 1. The largest absolute Gasteiger partial charge is 0.392 e. The Kier molecular flexibility index (Phi) is 2.54. The minimum atomic E-state index is -3.77. The predicted octanol–water partition coefficient (Wildman–Crippen LogP) is -0.941. The number of rotatable bonds is 1. The Morgan fingerprint density at radius 3 is 2.88 bits per heavy atom. The van der Waals surface area contributed by atoms with E-state index in [-0.39, 0.29) is 12.4 Å². The summed E-state index contributed by atoms with van der Waals surface area (Å²) in [6, 6.07) is 4.86. The van der Waals surface area contributed by atoms with E-state index in [1.54, 1.807) is 18.2 Å². The zero-order chi connectivity index (χ0) is 11.8. The van der Waals surface area contributed by atoms with Crippen LogP contribution in [0.4, 0.5) is 5.69 Å². The number of nitrogens with one attached hydrogen (secondary N) is 2. The van der Waals surface area contributed by atoms with Gasteiger partial charge in [-0.25, -0.2) is 5.84 Å². The molecule has 0 aliphatic carbocycles. The van der Waals surface area contributed by atoms with Crippen molar-refractivity contribution in [2.75, 3.05) is 4.72 Å². The van der Waals surface area contributed by atoms with Crippen molar-refractivity contribution in [2.24, 2.45) is 10.2 Å². The second-order valence-corrected chi connectivity index (χ2v) is 4.50. The highest BCUT2D eigenvalue weighted by atomic mass is 32.2. The van der Waals surface area contributed by atoms with Crippen LogP contribution < -0.4 is 16.0 Å². The minimum Gasteiger partial charge on any atom is -0.392 e. The topological polar surface area (TPSA) is 117 Å². The fourth-order valence-electron chi connectivity index (χ4n) is 1.52. The summed E-state index contributed by atoms with van der Waals surface area (Å²) in [6.45, 7) is -0.231. The van der Waals surface area contributed by atoms with Crippen LogP contribution in [0.15, 0.2) is 22.6 Å². The number of nitrogens with two attached hydrogens (primary N) is 1. The van der Waals surface area contributed by atoms with E-state index in [9.17, 15) is 8.42 Å². The fraction of sp³-hybridized carbons (Fsp3) is 0.125. The van der Waals surface area contributed by atoms with Crippen LogP contribution in [0.2, 0.25) is 0 Å². The standard InChI is InChI=1S/C8H10N4O3S/c9-10-8-7-5(4-13)2-1-3-6(7)11-16(14,15)12-8/h1-3,11,13H,4,9H2,(H,10,12). The quantitative estimate of drug-likeness (QED) is 0.374. The normalized spacial score (nSPS) is 17.0. The Labute approximate surface area is 92.2 Å². The van der Waals surface area contributed by atoms with Crippen molar-refractivity contribution >= 4 is 21.7 Å². The fourth-order valence-corrected chi connectivity index (χ4v) is 2.40. The first-order valence-electron chi connectivity index (χ1n) is 4.40. The SMILES string of the molecule is NNC1=NS(=O)(=O)Nc2cccc(CO)c21. The molecule has 8 heteroatoms. The summed E-state index contributed by atoms with van der Waals surface area (Å²) in [5.41, 5.74) is 3.55. The summed E-state index contributed by atoms with van der Waals surface area (Å²) in [7, 11) is -3.77. The third-order valence-corrected chi connectivity index (χ3v) is 3.05. The molecule has 1 heterocycles. The van der Waals surface area contributed by atoms with E-state index in [0.717, 1.165) is 0 Å². The van der Waals surface area contributed by atoms with Crippen molar-refractivity contribution in [3.8, 4) is 0 Å². The molecule has 7 nitrogen and oxygen atoms in total. The van der Waals surface area contributed by atoms with Crippen LogP contribution >= 0.6 is 0 Å². The molecule has 16 heavy (non-hydrogen) atoms. The molecule has 5 N–H and O–H groups in total.